The van der Waals surface area contributed by atoms with Gasteiger partial charge in [-0.25, -0.2) is 0 Å². The van der Waals surface area contributed by atoms with Crippen molar-refractivity contribution in [1.29, 1.82) is 0 Å². The molecule has 0 aromatic heterocycles. The molecule has 0 N–H and O–H groups in total. The normalized spacial score (nSPS) is 10.8. The van der Waals surface area contributed by atoms with E-state index in [4.69, 9.17) is 27.9 Å². The van der Waals surface area contributed by atoms with E-state index in [2.05, 4.69) is 34.2 Å². The number of nitrogens with zero attached hydrogens (tertiary/aromatic N) is 2. The minimum atomic E-state index is 0. The highest BCUT2D eigenvalue weighted by atomic mass is 35.5. The molecule has 0 bridgehead atoms. The summed E-state index contributed by atoms with van der Waals surface area (Å²) in [6.07, 6.45) is 1.85. The van der Waals surface area contributed by atoms with Gasteiger partial charge in [0.2, 0.25) is 0 Å². The van der Waals surface area contributed by atoms with Gasteiger partial charge in [0.1, 0.15) is 5.75 Å². The lowest BCUT2D eigenvalue weighted by Crippen LogP contribution is -2.28. The number of aliphatic imine (C=N–C) groups is 1. The zero-order valence-electron chi connectivity index (χ0n) is 15.6. The fourth-order valence-electron chi connectivity index (χ4n) is 3.00. The van der Waals surface area contributed by atoms with Crippen LogP contribution in [-0.4, -0.2) is 38.2 Å². The second-order valence-electron chi connectivity index (χ2n) is 6.09. The van der Waals surface area contributed by atoms with Crippen LogP contribution in [0, 0.1) is 0 Å². The van der Waals surface area contributed by atoms with Crippen LogP contribution in [0.4, 0.5) is 11.4 Å². The van der Waals surface area contributed by atoms with Crippen LogP contribution in [0.25, 0.3) is 10.8 Å². The van der Waals surface area contributed by atoms with Gasteiger partial charge < -0.3 is 9.64 Å². The van der Waals surface area contributed by atoms with Crippen LogP contribution in [0.5, 0.6) is 5.75 Å². The Morgan fingerprint density at radius 3 is 2.32 bits per heavy atom. The number of ether oxygens (including phenoxy) is 1. The molecule has 0 aliphatic carbocycles. The van der Waals surface area contributed by atoms with Crippen molar-refractivity contribution in [3.8, 4) is 5.75 Å². The Labute approximate surface area is 182 Å². The monoisotopic (exact) mass is 436 g/mol. The summed E-state index contributed by atoms with van der Waals surface area (Å²) >= 11 is 11.8. The maximum absolute atomic E-state index is 5.92. The second kappa shape index (κ2) is 11.2. The smallest absolute Gasteiger partial charge is 0.142 e. The Balaban J connectivity index is 0.00000280. The summed E-state index contributed by atoms with van der Waals surface area (Å²) in [6.45, 7) is 1.43. The Kier molecular flexibility index (Phi) is 8.91. The van der Waals surface area contributed by atoms with E-state index in [0.29, 0.717) is 11.8 Å². The van der Waals surface area contributed by atoms with E-state index < -0.39 is 0 Å². The van der Waals surface area contributed by atoms with Gasteiger partial charge in [0.05, 0.1) is 18.5 Å². The summed E-state index contributed by atoms with van der Waals surface area (Å²) in [5.74, 6) is 1.85. The average Bonchev–Trinajstić information content (AvgIpc) is 2.71. The molecule has 0 saturated heterocycles. The van der Waals surface area contributed by atoms with Crippen LogP contribution in [0.1, 0.15) is 5.56 Å². The molecule has 0 aliphatic heterocycles. The molecule has 3 nitrogen and oxygen atoms in total. The molecule has 28 heavy (non-hydrogen) atoms. The van der Waals surface area contributed by atoms with E-state index in [1.807, 2.05) is 42.6 Å². The molecule has 0 spiro atoms. The third-order valence-corrected chi connectivity index (χ3v) is 4.69. The molecule has 0 aliphatic rings. The number of hydrogen-bond donors (Lipinski definition) is 0. The van der Waals surface area contributed by atoms with Gasteiger partial charge in [-0.05, 0) is 40.6 Å². The molecule has 0 radical (unpaired) electrons. The molecule has 0 heterocycles. The predicted octanol–water partition coefficient (Wildman–Crippen LogP) is 6.30. The van der Waals surface area contributed by atoms with Crippen molar-refractivity contribution in [2.24, 2.45) is 4.99 Å². The first-order valence-corrected chi connectivity index (χ1v) is 9.90. The Bertz CT molecular complexity index is 925. The van der Waals surface area contributed by atoms with Crippen LogP contribution >= 0.6 is 35.6 Å². The molecule has 3 rings (SSSR count). The fourth-order valence-corrected chi connectivity index (χ4v) is 3.41. The number of benzene rings is 3. The second-order valence-corrected chi connectivity index (χ2v) is 6.84. The van der Waals surface area contributed by atoms with Crippen molar-refractivity contribution < 1.29 is 4.74 Å². The van der Waals surface area contributed by atoms with Gasteiger partial charge in [-0.3, -0.25) is 4.99 Å². The topological polar surface area (TPSA) is 24.8 Å². The third kappa shape index (κ3) is 5.54. The van der Waals surface area contributed by atoms with Crippen molar-refractivity contribution in [2.75, 3.05) is 36.9 Å². The highest BCUT2D eigenvalue weighted by Crippen LogP contribution is 2.29. The molecule has 3 aromatic carbocycles. The lowest BCUT2D eigenvalue weighted by atomic mass is 10.1. The molecule has 0 unspecified atom stereocenters. The fraction of sp³-hybridized carbons (Fsp3) is 0.227. The maximum Gasteiger partial charge on any atom is 0.142 e. The number of fused-ring (bicyclic) bond motifs is 1. The van der Waals surface area contributed by atoms with E-state index >= 15 is 0 Å². The summed E-state index contributed by atoms with van der Waals surface area (Å²) < 4.78 is 5.58. The quantitative estimate of drug-likeness (QED) is 0.305. The molecular weight excluding hydrogens is 415 g/mol. The zero-order chi connectivity index (χ0) is 19.1. The predicted molar refractivity (Wildman–Crippen MR) is 125 cm³/mol. The molecule has 0 atom stereocenters. The first-order chi connectivity index (χ1) is 13.2. The first kappa shape index (κ1) is 22.4. The van der Waals surface area contributed by atoms with E-state index in [9.17, 15) is 0 Å². The van der Waals surface area contributed by atoms with Crippen molar-refractivity contribution >= 4 is 64.0 Å². The SMILES string of the molecule is COc1cc(C=Nc2ccc3ccccc3c2)ccc1N(CCCl)CCCl.Cl. The van der Waals surface area contributed by atoms with Gasteiger partial charge in [-0.1, -0.05) is 36.4 Å². The summed E-state index contributed by atoms with van der Waals surface area (Å²) in [5.41, 5.74) is 2.88. The Hall–Kier alpha value is -1.94. The number of rotatable bonds is 8. The van der Waals surface area contributed by atoms with E-state index in [1.165, 1.54) is 10.8 Å². The third-order valence-electron chi connectivity index (χ3n) is 4.35. The van der Waals surface area contributed by atoms with Gasteiger partial charge in [-0.15, -0.1) is 35.6 Å². The zero-order valence-corrected chi connectivity index (χ0v) is 18.0. The van der Waals surface area contributed by atoms with Gasteiger partial charge in [0.25, 0.3) is 0 Å². The minimum Gasteiger partial charge on any atom is -0.495 e. The summed E-state index contributed by atoms with van der Waals surface area (Å²) in [7, 11) is 1.67. The molecule has 0 amide bonds. The number of methoxy groups -OCH3 is 1. The molecule has 0 saturated carbocycles. The highest BCUT2D eigenvalue weighted by molar-refractivity contribution is 6.18. The van der Waals surface area contributed by atoms with E-state index in [1.54, 1.807) is 7.11 Å². The van der Waals surface area contributed by atoms with Crippen LogP contribution in [0.2, 0.25) is 0 Å². The lowest BCUT2D eigenvalue weighted by Gasteiger charge is -2.25. The van der Waals surface area contributed by atoms with Gasteiger partial charge in [0.15, 0.2) is 0 Å². The number of alkyl halides is 2. The summed E-state index contributed by atoms with van der Waals surface area (Å²) in [4.78, 5) is 6.74. The summed E-state index contributed by atoms with van der Waals surface area (Å²) in [6, 6.07) is 20.5. The molecule has 6 heteroatoms. The molecule has 0 fully saturated rings. The minimum absolute atomic E-state index is 0. The van der Waals surface area contributed by atoms with Crippen molar-refractivity contribution in [2.45, 2.75) is 0 Å². The van der Waals surface area contributed by atoms with Crippen LogP contribution in [0.15, 0.2) is 65.7 Å². The van der Waals surface area contributed by atoms with Crippen LogP contribution in [0.3, 0.4) is 0 Å². The Morgan fingerprint density at radius 1 is 0.929 bits per heavy atom. The average molecular weight is 438 g/mol. The number of hydrogen-bond acceptors (Lipinski definition) is 3. The largest absolute Gasteiger partial charge is 0.495 e. The van der Waals surface area contributed by atoms with Gasteiger partial charge in [0, 0.05) is 31.1 Å². The summed E-state index contributed by atoms with van der Waals surface area (Å²) in [5, 5.41) is 2.39. The van der Waals surface area contributed by atoms with Crippen LogP contribution < -0.4 is 9.64 Å². The molecular formula is C22H23Cl3N2O. The van der Waals surface area contributed by atoms with Crippen molar-refractivity contribution in [3.63, 3.8) is 0 Å². The molecule has 148 valence electrons. The van der Waals surface area contributed by atoms with E-state index in [0.717, 1.165) is 35.8 Å². The van der Waals surface area contributed by atoms with Gasteiger partial charge in [-0.2, -0.15) is 0 Å². The number of halogens is 3. The number of anilines is 1. The molecule has 3 aromatic rings. The van der Waals surface area contributed by atoms with Crippen molar-refractivity contribution in [1.82, 2.24) is 0 Å². The maximum atomic E-state index is 5.92. The van der Waals surface area contributed by atoms with Crippen molar-refractivity contribution in [3.05, 3.63) is 66.2 Å². The van der Waals surface area contributed by atoms with E-state index in [-0.39, 0.29) is 12.4 Å². The standard InChI is InChI=1S/C22H22Cl2N2O.ClH/c1-27-22-14-17(6-9-21(22)26(12-10-23)13-11-24)16-25-20-8-7-18-4-2-3-5-19(18)15-20;/h2-9,14-16H,10-13H2,1H3;1H. The first-order valence-electron chi connectivity index (χ1n) is 8.83. The van der Waals surface area contributed by atoms with Crippen LogP contribution in [-0.2, 0) is 0 Å². The van der Waals surface area contributed by atoms with Gasteiger partial charge >= 0.3 is 0 Å². The lowest BCUT2D eigenvalue weighted by molar-refractivity contribution is 0.414. The Morgan fingerprint density at radius 2 is 1.64 bits per heavy atom. The highest BCUT2D eigenvalue weighted by Gasteiger charge is 2.11.